The quantitative estimate of drug-likeness (QED) is 0.792. The highest BCUT2D eigenvalue weighted by molar-refractivity contribution is 6.42. The summed E-state index contributed by atoms with van der Waals surface area (Å²) in [6.07, 6.45) is 1.02. The molecule has 19 heavy (non-hydrogen) atoms. The second-order valence-electron chi connectivity index (χ2n) is 4.57. The fourth-order valence-corrected chi connectivity index (χ4v) is 2.41. The third-order valence-electron chi connectivity index (χ3n) is 3.18. The lowest BCUT2D eigenvalue weighted by atomic mass is 10.1. The Hall–Kier alpha value is -1.02. The van der Waals surface area contributed by atoms with Gasteiger partial charge in [-0.3, -0.25) is 0 Å². The number of nitrogens with one attached hydrogen (secondary N) is 1. The second kappa shape index (κ2) is 6.95. The van der Waals surface area contributed by atoms with Crippen LogP contribution in [0.25, 0.3) is 0 Å². The van der Waals surface area contributed by atoms with Gasteiger partial charge in [0.2, 0.25) is 0 Å². The van der Waals surface area contributed by atoms with Crippen LogP contribution in [0.1, 0.15) is 16.7 Å². The Bertz CT molecular complexity index is 552. The van der Waals surface area contributed by atoms with E-state index in [1.54, 1.807) is 6.07 Å². The molecule has 0 aliphatic rings. The maximum atomic E-state index is 6.14. The summed E-state index contributed by atoms with van der Waals surface area (Å²) in [5.41, 5.74) is 3.76. The van der Waals surface area contributed by atoms with E-state index in [0.717, 1.165) is 25.1 Å². The highest BCUT2D eigenvalue weighted by Gasteiger charge is 2.03. The van der Waals surface area contributed by atoms with Gasteiger partial charge in [-0.25, -0.2) is 0 Å². The van der Waals surface area contributed by atoms with Gasteiger partial charge in [0.15, 0.2) is 0 Å². The van der Waals surface area contributed by atoms with Gasteiger partial charge in [0.25, 0.3) is 0 Å². The maximum absolute atomic E-state index is 6.14. The third kappa shape index (κ3) is 3.97. The molecule has 0 heterocycles. The van der Waals surface area contributed by atoms with Crippen molar-refractivity contribution < 1.29 is 0 Å². The topological polar surface area (TPSA) is 12.0 Å². The van der Waals surface area contributed by atoms with E-state index in [0.29, 0.717) is 10.0 Å². The van der Waals surface area contributed by atoms with Gasteiger partial charge in [0.1, 0.15) is 0 Å². The molecule has 0 aliphatic heterocycles. The van der Waals surface area contributed by atoms with Crippen LogP contribution in [-0.4, -0.2) is 6.54 Å². The molecule has 0 spiro atoms. The summed E-state index contributed by atoms with van der Waals surface area (Å²) in [6, 6.07) is 14.2. The van der Waals surface area contributed by atoms with Gasteiger partial charge in [-0.05, 0) is 42.6 Å². The third-order valence-corrected chi connectivity index (χ3v) is 4.04. The average Bonchev–Trinajstić information content (AvgIpc) is 2.41. The summed E-state index contributed by atoms with van der Waals surface area (Å²) in [5, 5.41) is 4.66. The molecule has 2 aromatic carbocycles. The van der Waals surface area contributed by atoms with Gasteiger partial charge in [-0.15, -0.1) is 0 Å². The van der Waals surface area contributed by atoms with Crippen LogP contribution in [0, 0.1) is 6.92 Å². The summed E-state index contributed by atoms with van der Waals surface area (Å²) in [7, 11) is 0. The minimum atomic E-state index is 0.611. The van der Waals surface area contributed by atoms with Gasteiger partial charge in [-0.1, -0.05) is 59.6 Å². The van der Waals surface area contributed by atoms with Gasteiger partial charge >= 0.3 is 0 Å². The first-order valence-electron chi connectivity index (χ1n) is 6.36. The SMILES string of the molecule is Cc1ccccc1CCNCc1cccc(Cl)c1Cl. The zero-order valence-corrected chi connectivity index (χ0v) is 12.4. The Labute approximate surface area is 124 Å². The molecule has 0 fully saturated rings. The number of halogens is 2. The molecule has 2 aromatic rings. The van der Waals surface area contributed by atoms with Crippen LogP contribution >= 0.6 is 23.2 Å². The molecule has 0 amide bonds. The predicted molar refractivity (Wildman–Crippen MR) is 83.1 cm³/mol. The summed E-state index contributed by atoms with van der Waals surface area (Å²) in [6.45, 7) is 3.81. The van der Waals surface area contributed by atoms with Crippen LogP contribution in [-0.2, 0) is 13.0 Å². The van der Waals surface area contributed by atoms with Gasteiger partial charge in [0.05, 0.1) is 10.0 Å². The molecule has 0 saturated carbocycles. The Morgan fingerprint density at radius 3 is 2.47 bits per heavy atom. The molecule has 0 aromatic heterocycles. The molecule has 1 nitrogen and oxygen atoms in total. The van der Waals surface area contributed by atoms with Gasteiger partial charge in [-0.2, -0.15) is 0 Å². The highest BCUT2D eigenvalue weighted by Crippen LogP contribution is 2.25. The molecule has 0 unspecified atom stereocenters. The molecule has 0 bridgehead atoms. The number of benzene rings is 2. The van der Waals surface area contributed by atoms with Crippen molar-refractivity contribution in [3.8, 4) is 0 Å². The second-order valence-corrected chi connectivity index (χ2v) is 5.35. The van der Waals surface area contributed by atoms with Crippen molar-refractivity contribution >= 4 is 23.2 Å². The summed E-state index contributed by atoms with van der Waals surface area (Å²) in [4.78, 5) is 0. The average molecular weight is 294 g/mol. The van der Waals surface area contributed by atoms with Crippen LogP contribution in [0.4, 0.5) is 0 Å². The zero-order valence-electron chi connectivity index (χ0n) is 10.9. The van der Waals surface area contributed by atoms with E-state index in [1.807, 2.05) is 12.1 Å². The van der Waals surface area contributed by atoms with Crippen molar-refractivity contribution in [2.45, 2.75) is 19.9 Å². The first kappa shape index (κ1) is 14.4. The fraction of sp³-hybridized carbons (Fsp3) is 0.250. The first-order chi connectivity index (χ1) is 9.18. The lowest BCUT2D eigenvalue weighted by molar-refractivity contribution is 0.686. The van der Waals surface area contributed by atoms with Crippen LogP contribution < -0.4 is 5.32 Å². The molecule has 1 N–H and O–H groups in total. The largest absolute Gasteiger partial charge is 0.312 e. The van der Waals surface area contributed by atoms with E-state index in [4.69, 9.17) is 23.2 Å². The van der Waals surface area contributed by atoms with Crippen LogP contribution in [0.2, 0.25) is 10.0 Å². The molecule has 0 saturated heterocycles. The molecular weight excluding hydrogens is 277 g/mol. The molecule has 0 aliphatic carbocycles. The Morgan fingerprint density at radius 1 is 0.947 bits per heavy atom. The number of rotatable bonds is 5. The minimum absolute atomic E-state index is 0.611. The smallest absolute Gasteiger partial charge is 0.0637 e. The molecule has 0 atom stereocenters. The Kier molecular flexibility index (Phi) is 5.26. The molecule has 3 heteroatoms. The van der Waals surface area contributed by atoms with Crippen molar-refractivity contribution in [3.05, 3.63) is 69.2 Å². The van der Waals surface area contributed by atoms with Crippen molar-refractivity contribution in [2.24, 2.45) is 0 Å². The van der Waals surface area contributed by atoms with E-state index in [9.17, 15) is 0 Å². The Balaban J connectivity index is 1.84. The first-order valence-corrected chi connectivity index (χ1v) is 7.12. The standard InChI is InChI=1S/C16H17Cl2N/c1-12-5-2-3-6-13(12)9-10-19-11-14-7-4-8-15(17)16(14)18/h2-8,19H,9-11H2,1H3. The van der Waals surface area contributed by atoms with Crippen molar-refractivity contribution in [1.29, 1.82) is 0 Å². The fourth-order valence-electron chi connectivity index (χ4n) is 2.02. The predicted octanol–water partition coefficient (Wildman–Crippen LogP) is 4.63. The van der Waals surface area contributed by atoms with E-state index >= 15 is 0 Å². The lowest BCUT2D eigenvalue weighted by Crippen LogP contribution is -2.17. The molecular formula is C16H17Cl2N. The van der Waals surface area contributed by atoms with Crippen LogP contribution in [0.15, 0.2) is 42.5 Å². The van der Waals surface area contributed by atoms with E-state index < -0.39 is 0 Å². The number of hydrogen-bond acceptors (Lipinski definition) is 1. The van der Waals surface area contributed by atoms with Crippen molar-refractivity contribution in [1.82, 2.24) is 5.32 Å². The van der Waals surface area contributed by atoms with E-state index in [2.05, 4.69) is 36.5 Å². The Morgan fingerprint density at radius 2 is 1.68 bits per heavy atom. The number of aryl methyl sites for hydroxylation is 1. The molecule has 2 rings (SSSR count). The van der Waals surface area contributed by atoms with Crippen LogP contribution in [0.5, 0.6) is 0 Å². The zero-order chi connectivity index (χ0) is 13.7. The molecule has 100 valence electrons. The molecule has 0 radical (unpaired) electrons. The van der Waals surface area contributed by atoms with Gasteiger partial charge in [0, 0.05) is 6.54 Å². The van der Waals surface area contributed by atoms with Gasteiger partial charge < -0.3 is 5.32 Å². The summed E-state index contributed by atoms with van der Waals surface area (Å²) in [5.74, 6) is 0. The van der Waals surface area contributed by atoms with Crippen molar-refractivity contribution in [2.75, 3.05) is 6.54 Å². The van der Waals surface area contributed by atoms with E-state index in [-0.39, 0.29) is 0 Å². The maximum Gasteiger partial charge on any atom is 0.0637 e. The number of hydrogen-bond donors (Lipinski definition) is 1. The van der Waals surface area contributed by atoms with E-state index in [1.165, 1.54) is 11.1 Å². The monoisotopic (exact) mass is 293 g/mol. The normalized spacial score (nSPS) is 10.7. The highest BCUT2D eigenvalue weighted by atomic mass is 35.5. The summed E-state index contributed by atoms with van der Waals surface area (Å²) >= 11 is 12.1. The van der Waals surface area contributed by atoms with Crippen LogP contribution in [0.3, 0.4) is 0 Å². The summed E-state index contributed by atoms with van der Waals surface area (Å²) < 4.78 is 0. The van der Waals surface area contributed by atoms with Crippen molar-refractivity contribution in [3.63, 3.8) is 0 Å². The lowest BCUT2D eigenvalue weighted by Gasteiger charge is -2.09. The minimum Gasteiger partial charge on any atom is -0.312 e.